The molecule has 1 aliphatic carbocycles. The van der Waals surface area contributed by atoms with Crippen molar-refractivity contribution in [2.45, 2.75) is 57.0 Å². The summed E-state index contributed by atoms with van der Waals surface area (Å²) in [5.74, 6) is 0.967. The Hall–Kier alpha value is -1.59. The summed E-state index contributed by atoms with van der Waals surface area (Å²) >= 11 is 6.01. The van der Waals surface area contributed by atoms with E-state index in [4.69, 9.17) is 16.0 Å². The fraction of sp³-hybridized carbons (Fsp3) is 0.600. The molecule has 1 unspecified atom stereocenters. The largest absolute Gasteiger partial charge is 0.440 e. The fourth-order valence-corrected chi connectivity index (χ4v) is 4.44. The molecule has 2 fully saturated rings. The topological polar surface area (TPSA) is 66.6 Å². The van der Waals surface area contributed by atoms with Crippen molar-refractivity contribution in [3.05, 3.63) is 29.1 Å². The molecular weight excluding hydrogens is 352 g/mol. The summed E-state index contributed by atoms with van der Waals surface area (Å²) in [7, 11) is 0. The Labute approximate surface area is 158 Å². The van der Waals surface area contributed by atoms with Crippen molar-refractivity contribution in [1.82, 2.24) is 9.88 Å². The quantitative estimate of drug-likeness (QED) is 0.874. The number of aromatic nitrogens is 1. The van der Waals surface area contributed by atoms with Gasteiger partial charge in [0.1, 0.15) is 11.6 Å². The van der Waals surface area contributed by atoms with E-state index in [9.17, 15) is 9.90 Å². The lowest BCUT2D eigenvalue weighted by Crippen LogP contribution is -2.46. The SMILES string of the molecule is O=C(C(O)C1CCCCC1)N1CCC(c2nc3cc(Cl)ccc3o2)CC1. The van der Waals surface area contributed by atoms with Gasteiger partial charge in [-0.15, -0.1) is 0 Å². The first-order chi connectivity index (χ1) is 12.6. The Morgan fingerprint density at radius 1 is 1.19 bits per heavy atom. The molecule has 1 amide bonds. The van der Waals surface area contributed by atoms with Gasteiger partial charge in [0.25, 0.3) is 5.91 Å². The molecule has 0 bridgehead atoms. The van der Waals surface area contributed by atoms with Crippen LogP contribution >= 0.6 is 11.6 Å². The molecule has 2 aliphatic rings. The van der Waals surface area contributed by atoms with E-state index >= 15 is 0 Å². The van der Waals surface area contributed by atoms with Crippen molar-refractivity contribution >= 4 is 28.6 Å². The first-order valence-corrected chi connectivity index (χ1v) is 10.0. The molecule has 1 aliphatic heterocycles. The van der Waals surface area contributed by atoms with E-state index in [1.165, 1.54) is 6.42 Å². The molecule has 1 saturated heterocycles. The summed E-state index contributed by atoms with van der Waals surface area (Å²) in [4.78, 5) is 19.0. The van der Waals surface area contributed by atoms with Crippen LogP contribution in [0.1, 0.15) is 56.8 Å². The average Bonchev–Trinajstić information content (AvgIpc) is 3.11. The summed E-state index contributed by atoms with van der Waals surface area (Å²) in [6.07, 6.45) is 6.19. The number of amides is 1. The third-order valence-electron chi connectivity index (χ3n) is 5.87. The second-order valence-corrected chi connectivity index (χ2v) is 8.04. The number of rotatable bonds is 3. The van der Waals surface area contributed by atoms with Gasteiger partial charge < -0.3 is 14.4 Å². The number of halogens is 1. The number of piperidine rings is 1. The van der Waals surface area contributed by atoms with Crippen LogP contribution in [0.25, 0.3) is 11.1 Å². The normalized spacial score (nSPS) is 21.2. The number of hydrogen-bond acceptors (Lipinski definition) is 4. The van der Waals surface area contributed by atoms with Crippen molar-refractivity contribution in [2.75, 3.05) is 13.1 Å². The van der Waals surface area contributed by atoms with Crippen LogP contribution in [0.5, 0.6) is 0 Å². The maximum atomic E-state index is 12.6. The molecular formula is C20H25ClN2O3. The van der Waals surface area contributed by atoms with E-state index in [0.717, 1.165) is 55.5 Å². The zero-order chi connectivity index (χ0) is 18.1. The minimum Gasteiger partial charge on any atom is -0.440 e. The molecule has 1 atom stereocenters. The lowest BCUT2D eigenvalue weighted by Gasteiger charge is -2.34. The van der Waals surface area contributed by atoms with Crippen molar-refractivity contribution in [3.8, 4) is 0 Å². The number of hydrogen-bond donors (Lipinski definition) is 1. The molecule has 1 saturated carbocycles. The van der Waals surface area contributed by atoms with Crippen molar-refractivity contribution < 1.29 is 14.3 Å². The van der Waals surface area contributed by atoms with Crippen LogP contribution in [0.15, 0.2) is 22.6 Å². The Bertz CT molecular complexity index is 776. The van der Waals surface area contributed by atoms with Gasteiger partial charge in [-0.05, 0) is 49.8 Å². The van der Waals surface area contributed by atoms with E-state index in [1.807, 2.05) is 17.0 Å². The highest BCUT2D eigenvalue weighted by molar-refractivity contribution is 6.31. The number of aliphatic hydroxyl groups is 1. The predicted octanol–water partition coefficient (Wildman–Crippen LogP) is 4.13. The van der Waals surface area contributed by atoms with Gasteiger partial charge in [0.15, 0.2) is 11.5 Å². The highest BCUT2D eigenvalue weighted by Gasteiger charge is 2.33. The van der Waals surface area contributed by atoms with Gasteiger partial charge in [0.05, 0.1) is 0 Å². The van der Waals surface area contributed by atoms with Crippen LogP contribution < -0.4 is 0 Å². The van der Waals surface area contributed by atoms with Crippen LogP contribution in [0.2, 0.25) is 5.02 Å². The van der Waals surface area contributed by atoms with E-state index in [1.54, 1.807) is 6.07 Å². The Morgan fingerprint density at radius 3 is 2.65 bits per heavy atom. The van der Waals surface area contributed by atoms with Crippen LogP contribution in [0.4, 0.5) is 0 Å². The minimum absolute atomic E-state index is 0.0975. The fourth-order valence-electron chi connectivity index (χ4n) is 4.28. The maximum Gasteiger partial charge on any atom is 0.251 e. The Kier molecular flexibility index (Phi) is 5.18. The summed E-state index contributed by atoms with van der Waals surface area (Å²) in [6, 6.07) is 5.45. The number of carbonyl (C=O) groups is 1. The molecule has 2 aromatic rings. The molecule has 140 valence electrons. The molecule has 4 rings (SSSR count). The zero-order valence-electron chi connectivity index (χ0n) is 14.9. The Balaban J connectivity index is 1.37. The monoisotopic (exact) mass is 376 g/mol. The molecule has 6 heteroatoms. The first-order valence-electron chi connectivity index (χ1n) is 9.64. The summed E-state index contributed by atoms with van der Waals surface area (Å²) < 4.78 is 5.88. The number of aliphatic hydroxyl groups excluding tert-OH is 1. The van der Waals surface area contributed by atoms with Crippen LogP contribution in [-0.4, -0.2) is 40.1 Å². The summed E-state index contributed by atoms with van der Waals surface area (Å²) in [5, 5.41) is 11.1. The second-order valence-electron chi connectivity index (χ2n) is 7.61. The zero-order valence-corrected chi connectivity index (χ0v) is 15.6. The summed E-state index contributed by atoms with van der Waals surface area (Å²) in [6.45, 7) is 1.29. The molecule has 1 aromatic carbocycles. The highest BCUT2D eigenvalue weighted by atomic mass is 35.5. The van der Waals surface area contributed by atoms with E-state index in [-0.39, 0.29) is 17.7 Å². The molecule has 2 heterocycles. The second kappa shape index (κ2) is 7.57. The van der Waals surface area contributed by atoms with Crippen LogP contribution in [0, 0.1) is 5.92 Å². The van der Waals surface area contributed by atoms with Crippen molar-refractivity contribution in [2.24, 2.45) is 5.92 Å². The van der Waals surface area contributed by atoms with Gasteiger partial charge >= 0.3 is 0 Å². The molecule has 5 nitrogen and oxygen atoms in total. The molecule has 0 spiro atoms. The molecule has 1 aromatic heterocycles. The third-order valence-corrected chi connectivity index (χ3v) is 6.11. The number of benzene rings is 1. The summed E-state index contributed by atoms with van der Waals surface area (Å²) in [5.41, 5.74) is 1.52. The van der Waals surface area contributed by atoms with Gasteiger partial charge in [0, 0.05) is 24.0 Å². The van der Waals surface area contributed by atoms with E-state index in [0.29, 0.717) is 18.1 Å². The molecule has 0 radical (unpaired) electrons. The Morgan fingerprint density at radius 2 is 1.92 bits per heavy atom. The van der Waals surface area contributed by atoms with Gasteiger partial charge in [-0.25, -0.2) is 4.98 Å². The third kappa shape index (κ3) is 3.60. The van der Waals surface area contributed by atoms with E-state index < -0.39 is 6.10 Å². The van der Waals surface area contributed by atoms with Gasteiger partial charge in [-0.1, -0.05) is 30.9 Å². The van der Waals surface area contributed by atoms with Gasteiger partial charge in [-0.2, -0.15) is 0 Å². The average molecular weight is 377 g/mol. The number of carbonyl (C=O) groups excluding carboxylic acids is 1. The van der Waals surface area contributed by atoms with Gasteiger partial charge in [-0.3, -0.25) is 4.79 Å². The molecule has 26 heavy (non-hydrogen) atoms. The smallest absolute Gasteiger partial charge is 0.251 e. The van der Waals surface area contributed by atoms with Crippen molar-refractivity contribution in [3.63, 3.8) is 0 Å². The standard InChI is InChI=1S/C20H25ClN2O3/c21-15-6-7-17-16(12-15)22-19(26-17)14-8-10-23(11-9-14)20(25)18(24)13-4-2-1-3-5-13/h6-7,12-14,18,24H,1-5,8-11H2. The van der Waals surface area contributed by atoms with Crippen LogP contribution in [0.3, 0.4) is 0 Å². The lowest BCUT2D eigenvalue weighted by molar-refractivity contribution is -0.145. The highest BCUT2D eigenvalue weighted by Crippen LogP contribution is 2.32. The first kappa shape index (κ1) is 17.8. The lowest BCUT2D eigenvalue weighted by atomic mass is 9.84. The molecule has 1 N–H and O–H groups in total. The maximum absolute atomic E-state index is 12.6. The number of likely N-dealkylation sites (tertiary alicyclic amines) is 1. The van der Waals surface area contributed by atoms with Gasteiger partial charge in [0.2, 0.25) is 0 Å². The number of fused-ring (bicyclic) bond motifs is 1. The minimum atomic E-state index is -0.835. The number of nitrogens with zero attached hydrogens (tertiary/aromatic N) is 2. The van der Waals surface area contributed by atoms with Crippen molar-refractivity contribution in [1.29, 1.82) is 0 Å². The van der Waals surface area contributed by atoms with E-state index in [2.05, 4.69) is 4.98 Å². The van der Waals surface area contributed by atoms with Crippen LogP contribution in [-0.2, 0) is 4.79 Å². The predicted molar refractivity (Wildman–Crippen MR) is 100 cm³/mol. The number of oxazole rings is 1.